The van der Waals surface area contributed by atoms with Crippen LogP contribution in [0.25, 0.3) is 0 Å². The fourth-order valence-electron chi connectivity index (χ4n) is 3.29. The molecule has 0 aromatic heterocycles. The monoisotopic (exact) mass is 284 g/mol. The lowest BCUT2D eigenvalue weighted by Crippen LogP contribution is -2.50. The standard InChI is InChI=1S/C14H24N2O4/c1-2-4-14(12(18)19)5-8-15(9-6-14)13(20)16-7-3-11(17)10-16/h11,17H,2-10H2,1H3,(H,18,19). The summed E-state index contributed by atoms with van der Waals surface area (Å²) in [5, 5.41) is 18.9. The minimum atomic E-state index is -0.733. The fourth-order valence-corrected chi connectivity index (χ4v) is 3.29. The van der Waals surface area contributed by atoms with Gasteiger partial charge in [-0.3, -0.25) is 4.79 Å². The summed E-state index contributed by atoms with van der Waals surface area (Å²) in [5.74, 6) is -0.733. The molecule has 6 heteroatoms. The lowest BCUT2D eigenvalue weighted by atomic mass is 9.75. The Morgan fingerprint density at radius 3 is 2.30 bits per heavy atom. The molecule has 114 valence electrons. The van der Waals surface area contributed by atoms with Gasteiger partial charge in [-0.15, -0.1) is 0 Å². The Balaban J connectivity index is 1.93. The van der Waals surface area contributed by atoms with Gasteiger partial charge in [0.05, 0.1) is 11.5 Å². The predicted molar refractivity (Wildman–Crippen MR) is 73.4 cm³/mol. The van der Waals surface area contributed by atoms with Gasteiger partial charge in [0.2, 0.25) is 0 Å². The molecule has 0 radical (unpaired) electrons. The van der Waals surface area contributed by atoms with Crippen LogP contribution in [0.2, 0.25) is 0 Å². The largest absolute Gasteiger partial charge is 0.481 e. The maximum Gasteiger partial charge on any atom is 0.320 e. The molecule has 1 unspecified atom stereocenters. The molecule has 2 aliphatic rings. The van der Waals surface area contributed by atoms with E-state index in [0.29, 0.717) is 51.9 Å². The summed E-state index contributed by atoms with van der Waals surface area (Å²) in [4.78, 5) is 27.2. The number of urea groups is 1. The molecule has 6 nitrogen and oxygen atoms in total. The molecule has 0 spiro atoms. The summed E-state index contributed by atoms with van der Waals surface area (Å²) >= 11 is 0. The van der Waals surface area contributed by atoms with Gasteiger partial charge in [0.25, 0.3) is 0 Å². The third-order valence-electron chi connectivity index (χ3n) is 4.61. The number of hydrogen-bond donors (Lipinski definition) is 2. The van der Waals surface area contributed by atoms with Crippen molar-refractivity contribution in [2.24, 2.45) is 5.41 Å². The quantitative estimate of drug-likeness (QED) is 0.814. The first-order valence-corrected chi connectivity index (χ1v) is 7.44. The zero-order valence-corrected chi connectivity index (χ0v) is 12.0. The second-order valence-corrected chi connectivity index (χ2v) is 5.99. The van der Waals surface area contributed by atoms with Crippen LogP contribution in [0, 0.1) is 5.41 Å². The second-order valence-electron chi connectivity index (χ2n) is 5.99. The Labute approximate surface area is 119 Å². The van der Waals surface area contributed by atoms with E-state index in [1.807, 2.05) is 6.92 Å². The molecule has 2 rings (SSSR count). The number of nitrogens with zero attached hydrogens (tertiary/aromatic N) is 2. The number of carbonyl (C=O) groups excluding carboxylic acids is 1. The minimum absolute atomic E-state index is 0.0583. The van der Waals surface area contributed by atoms with Gasteiger partial charge >= 0.3 is 12.0 Å². The number of rotatable bonds is 3. The highest BCUT2D eigenvalue weighted by Crippen LogP contribution is 2.36. The Bertz CT molecular complexity index is 377. The molecule has 2 fully saturated rings. The van der Waals surface area contributed by atoms with Crippen LogP contribution in [0.15, 0.2) is 0 Å². The van der Waals surface area contributed by atoms with Gasteiger partial charge in [0.1, 0.15) is 0 Å². The molecule has 2 amide bonds. The van der Waals surface area contributed by atoms with Gasteiger partial charge in [-0.25, -0.2) is 4.79 Å². The average Bonchev–Trinajstić information content (AvgIpc) is 2.85. The van der Waals surface area contributed by atoms with Gasteiger partial charge in [0.15, 0.2) is 0 Å². The van der Waals surface area contributed by atoms with Crippen LogP contribution in [0.3, 0.4) is 0 Å². The average molecular weight is 284 g/mol. The molecule has 0 bridgehead atoms. The molecule has 0 saturated carbocycles. The Hall–Kier alpha value is -1.30. The second kappa shape index (κ2) is 5.99. The number of β-amino-alcohol motifs (C(OH)–C–C–N with tert-alkyl or cyclic N) is 1. The van der Waals surface area contributed by atoms with Crippen molar-refractivity contribution in [2.75, 3.05) is 26.2 Å². The van der Waals surface area contributed by atoms with E-state index in [-0.39, 0.29) is 6.03 Å². The zero-order valence-electron chi connectivity index (χ0n) is 12.0. The van der Waals surface area contributed by atoms with E-state index in [0.717, 1.165) is 6.42 Å². The fraction of sp³-hybridized carbons (Fsp3) is 0.857. The first-order valence-electron chi connectivity index (χ1n) is 7.44. The number of amides is 2. The van der Waals surface area contributed by atoms with E-state index in [1.54, 1.807) is 9.80 Å². The number of likely N-dealkylation sites (tertiary alicyclic amines) is 2. The summed E-state index contributed by atoms with van der Waals surface area (Å²) in [6, 6.07) is -0.0583. The third-order valence-corrected chi connectivity index (χ3v) is 4.61. The first kappa shape index (κ1) is 15.1. The number of aliphatic hydroxyl groups excluding tert-OH is 1. The molecule has 2 aliphatic heterocycles. The van der Waals surface area contributed by atoms with Crippen molar-refractivity contribution >= 4 is 12.0 Å². The Kier molecular flexibility index (Phi) is 4.52. The molecule has 0 aromatic rings. The number of piperidine rings is 1. The molecular weight excluding hydrogens is 260 g/mol. The predicted octanol–water partition coefficient (Wildman–Crippen LogP) is 1.14. The van der Waals surface area contributed by atoms with Crippen molar-refractivity contribution in [3.05, 3.63) is 0 Å². The van der Waals surface area contributed by atoms with E-state index in [4.69, 9.17) is 0 Å². The van der Waals surface area contributed by atoms with Crippen LogP contribution in [0.5, 0.6) is 0 Å². The van der Waals surface area contributed by atoms with Crippen molar-refractivity contribution in [3.63, 3.8) is 0 Å². The number of aliphatic carboxylic acids is 1. The molecule has 2 N–H and O–H groups in total. The number of carboxylic acids is 1. The Morgan fingerprint density at radius 1 is 1.20 bits per heavy atom. The maximum absolute atomic E-state index is 12.3. The van der Waals surface area contributed by atoms with Gasteiger partial charge in [-0.2, -0.15) is 0 Å². The highest BCUT2D eigenvalue weighted by Gasteiger charge is 2.42. The highest BCUT2D eigenvalue weighted by molar-refractivity contribution is 5.77. The summed E-state index contributed by atoms with van der Waals surface area (Å²) in [6.07, 6.45) is 2.79. The van der Waals surface area contributed by atoms with E-state index >= 15 is 0 Å². The van der Waals surface area contributed by atoms with Gasteiger partial charge < -0.3 is 20.0 Å². The molecule has 1 atom stereocenters. The molecular formula is C14H24N2O4. The zero-order chi connectivity index (χ0) is 14.8. The summed E-state index contributed by atoms with van der Waals surface area (Å²) < 4.78 is 0. The molecule has 0 aliphatic carbocycles. The van der Waals surface area contributed by atoms with Crippen LogP contribution >= 0.6 is 0 Å². The van der Waals surface area contributed by atoms with E-state index < -0.39 is 17.5 Å². The number of carbonyl (C=O) groups is 2. The van der Waals surface area contributed by atoms with E-state index in [9.17, 15) is 19.8 Å². The van der Waals surface area contributed by atoms with Crippen molar-refractivity contribution in [1.29, 1.82) is 0 Å². The van der Waals surface area contributed by atoms with Crippen LogP contribution in [-0.4, -0.2) is 64.3 Å². The van der Waals surface area contributed by atoms with E-state index in [1.165, 1.54) is 0 Å². The molecule has 2 saturated heterocycles. The van der Waals surface area contributed by atoms with Crippen molar-refractivity contribution < 1.29 is 19.8 Å². The maximum atomic E-state index is 12.3. The minimum Gasteiger partial charge on any atom is -0.481 e. The third kappa shape index (κ3) is 2.90. The molecule has 20 heavy (non-hydrogen) atoms. The molecule has 0 aromatic carbocycles. The number of carboxylic acid groups (broad SMARTS) is 1. The van der Waals surface area contributed by atoms with Gasteiger partial charge in [-0.05, 0) is 25.7 Å². The number of aliphatic hydroxyl groups is 1. The highest BCUT2D eigenvalue weighted by atomic mass is 16.4. The first-order chi connectivity index (χ1) is 9.48. The Morgan fingerprint density at radius 2 is 1.85 bits per heavy atom. The number of hydrogen-bond acceptors (Lipinski definition) is 3. The normalized spacial score (nSPS) is 25.8. The lowest BCUT2D eigenvalue weighted by molar-refractivity contribution is -0.152. The lowest BCUT2D eigenvalue weighted by Gasteiger charge is -2.40. The van der Waals surface area contributed by atoms with Crippen LogP contribution in [0.4, 0.5) is 4.79 Å². The summed E-state index contributed by atoms with van der Waals surface area (Å²) in [5.41, 5.74) is -0.657. The summed E-state index contributed by atoms with van der Waals surface area (Å²) in [7, 11) is 0. The summed E-state index contributed by atoms with van der Waals surface area (Å²) in [6.45, 7) is 3.98. The smallest absolute Gasteiger partial charge is 0.320 e. The molecule has 2 heterocycles. The van der Waals surface area contributed by atoms with Crippen LogP contribution in [-0.2, 0) is 4.79 Å². The van der Waals surface area contributed by atoms with Crippen molar-refractivity contribution in [1.82, 2.24) is 9.80 Å². The van der Waals surface area contributed by atoms with Crippen molar-refractivity contribution in [3.8, 4) is 0 Å². The van der Waals surface area contributed by atoms with Gasteiger partial charge in [0, 0.05) is 26.2 Å². The van der Waals surface area contributed by atoms with Crippen LogP contribution in [0.1, 0.15) is 39.0 Å². The van der Waals surface area contributed by atoms with Gasteiger partial charge in [-0.1, -0.05) is 13.3 Å². The SMILES string of the molecule is CCCC1(C(=O)O)CCN(C(=O)N2CCC(O)C2)CC1. The van der Waals surface area contributed by atoms with Crippen molar-refractivity contribution in [2.45, 2.75) is 45.1 Å². The van der Waals surface area contributed by atoms with Crippen LogP contribution < -0.4 is 0 Å². The topological polar surface area (TPSA) is 81.1 Å². The van der Waals surface area contributed by atoms with E-state index in [2.05, 4.69) is 0 Å².